The smallest absolute Gasteiger partial charge is 0.279 e. The van der Waals surface area contributed by atoms with E-state index < -0.39 is 0 Å². The largest absolute Gasteiger partial charge is 0.321 e. The van der Waals surface area contributed by atoms with E-state index in [1.54, 1.807) is 0 Å². The van der Waals surface area contributed by atoms with Crippen LogP contribution in [-0.4, -0.2) is 31.4 Å². The van der Waals surface area contributed by atoms with E-state index in [9.17, 15) is 9.59 Å². The van der Waals surface area contributed by atoms with Gasteiger partial charge in [-0.2, -0.15) is 0 Å². The molecule has 1 atom stereocenters. The summed E-state index contributed by atoms with van der Waals surface area (Å²) in [4.78, 5) is 25.6. The van der Waals surface area contributed by atoms with Gasteiger partial charge >= 0.3 is 0 Å². The number of benzene rings is 2. The van der Waals surface area contributed by atoms with Crippen molar-refractivity contribution in [1.82, 2.24) is 0 Å². The summed E-state index contributed by atoms with van der Waals surface area (Å²) in [7, 11) is 0. The Morgan fingerprint density at radius 1 is 1.00 bits per heavy atom. The highest BCUT2D eigenvalue weighted by Crippen LogP contribution is 2.15. The standard InChI is InChI=1S/C20H24BrN3O2/c1-3-11-24(13-19(25)22-17-9-6-8-16(21)12-17)14-20(26)23-18-10-5-4-7-15(18)2/h4-10,12H,3,11,13-14H2,1-2H3,(H,22,25)(H,23,26)/p+1. The lowest BCUT2D eigenvalue weighted by atomic mass is 10.2. The first-order valence-corrected chi connectivity index (χ1v) is 9.51. The molecule has 2 amide bonds. The van der Waals surface area contributed by atoms with Crippen molar-refractivity contribution in [3.8, 4) is 0 Å². The molecular weight excluding hydrogens is 394 g/mol. The third-order valence-corrected chi connectivity index (χ3v) is 4.45. The minimum atomic E-state index is -0.102. The number of rotatable bonds is 8. The van der Waals surface area contributed by atoms with Gasteiger partial charge < -0.3 is 15.5 Å². The molecule has 0 saturated heterocycles. The van der Waals surface area contributed by atoms with E-state index in [1.807, 2.05) is 62.4 Å². The monoisotopic (exact) mass is 418 g/mol. The summed E-state index contributed by atoms with van der Waals surface area (Å²) in [5.74, 6) is -0.187. The molecule has 2 aromatic carbocycles. The first kappa shape index (κ1) is 20.1. The molecule has 0 saturated carbocycles. The van der Waals surface area contributed by atoms with Gasteiger partial charge in [-0.1, -0.05) is 47.1 Å². The summed E-state index contributed by atoms with van der Waals surface area (Å²) in [6, 6.07) is 15.1. The molecule has 0 aromatic heterocycles. The van der Waals surface area contributed by atoms with Crippen LogP contribution in [0.5, 0.6) is 0 Å². The van der Waals surface area contributed by atoms with E-state index in [0.29, 0.717) is 0 Å². The second kappa shape index (κ2) is 10.1. The molecule has 0 bridgehead atoms. The Kier molecular flexibility index (Phi) is 7.81. The van der Waals surface area contributed by atoms with E-state index in [1.165, 1.54) is 0 Å². The highest BCUT2D eigenvalue weighted by molar-refractivity contribution is 9.10. The van der Waals surface area contributed by atoms with Crippen LogP contribution in [0.15, 0.2) is 53.0 Å². The number of aryl methyl sites for hydroxylation is 1. The van der Waals surface area contributed by atoms with Crippen molar-refractivity contribution in [2.24, 2.45) is 0 Å². The van der Waals surface area contributed by atoms with Crippen LogP contribution in [-0.2, 0) is 9.59 Å². The average molecular weight is 419 g/mol. The van der Waals surface area contributed by atoms with Gasteiger partial charge in [-0.15, -0.1) is 0 Å². The van der Waals surface area contributed by atoms with Crippen molar-refractivity contribution in [2.75, 3.05) is 30.3 Å². The lowest BCUT2D eigenvalue weighted by Gasteiger charge is -2.18. The molecule has 3 N–H and O–H groups in total. The number of para-hydroxylation sites is 1. The van der Waals surface area contributed by atoms with Crippen LogP contribution in [0.4, 0.5) is 11.4 Å². The Balaban J connectivity index is 1.92. The molecule has 6 heteroatoms. The molecule has 138 valence electrons. The number of carbonyl (C=O) groups is 2. The highest BCUT2D eigenvalue weighted by Gasteiger charge is 2.18. The number of nitrogens with one attached hydrogen (secondary N) is 3. The molecule has 0 fully saturated rings. The van der Waals surface area contributed by atoms with Crippen molar-refractivity contribution in [3.05, 3.63) is 58.6 Å². The fourth-order valence-electron chi connectivity index (χ4n) is 2.73. The summed E-state index contributed by atoms with van der Waals surface area (Å²) >= 11 is 3.39. The number of carbonyl (C=O) groups excluding carboxylic acids is 2. The SMILES string of the molecule is CCC[NH+](CC(=O)Nc1cccc(Br)c1)CC(=O)Nc1ccccc1C. The van der Waals surface area contributed by atoms with Crippen LogP contribution in [0.3, 0.4) is 0 Å². The van der Waals surface area contributed by atoms with E-state index in [2.05, 4.69) is 26.6 Å². The zero-order valence-corrected chi connectivity index (χ0v) is 16.7. The average Bonchev–Trinajstić information content (AvgIpc) is 2.57. The Labute approximate surface area is 162 Å². The molecule has 5 nitrogen and oxygen atoms in total. The second-order valence-corrected chi connectivity index (χ2v) is 7.19. The number of quaternary nitrogens is 1. The molecule has 0 aliphatic heterocycles. The molecule has 2 aromatic rings. The number of halogens is 1. The molecular formula is C20H25BrN3O2+. The first-order valence-electron chi connectivity index (χ1n) is 8.72. The quantitative estimate of drug-likeness (QED) is 0.616. The van der Waals surface area contributed by atoms with Gasteiger partial charge in [0.1, 0.15) is 0 Å². The highest BCUT2D eigenvalue weighted by atomic mass is 79.9. The van der Waals surface area contributed by atoms with Gasteiger partial charge in [-0.25, -0.2) is 0 Å². The number of hydrogen-bond acceptors (Lipinski definition) is 2. The number of hydrogen-bond donors (Lipinski definition) is 3. The van der Waals surface area contributed by atoms with Crippen molar-refractivity contribution in [1.29, 1.82) is 0 Å². The Morgan fingerprint density at radius 2 is 1.69 bits per heavy atom. The summed E-state index contributed by atoms with van der Waals surface area (Å²) in [6.45, 7) is 5.27. The maximum atomic E-state index is 12.4. The molecule has 0 spiro atoms. The molecule has 26 heavy (non-hydrogen) atoms. The third kappa shape index (κ3) is 6.61. The predicted molar refractivity (Wildman–Crippen MR) is 108 cm³/mol. The van der Waals surface area contributed by atoms with Gasteiger partial charge in [0, 0.05) is 15.8 Å². The number of amides is 2. The summed E-state index contributed by atoms with van der Waals surface area (Å²) in [5.41, 5.74) is 2.57. The Hall–Kier alpha value is -2.18. The van der Waals surface area contributed by atoms with Gasteiger partial charge in [-0.3, -0.25) is 9.59 Å². The fraction of sp³-hybridized carbons (Fsp3) is 0.300. The van der Waals surface area contributed by atoms with Gasteiger partial charge in [0.05, 0.1) is 6.54 Å². The van der Waals surface area contributed by atoms with Crippen molar-refractivity contribution < 1.29 is 14.5 Å². The normalized spacial score (nSPS) is 11.7. The second-order valence-electron chi connectivity index (χ2n) is 6.28. The molecule has 1 unspecified atom stereocenters. The fourth-order valence-corrected chi connectivity index (χ4v) is 3.13. The number of anilines is 2. The molecule has 0 aliphatic rings. The van der Waals surface area contributed by atoms with E-state index >= 15 is 0 Å². The summed E-state index contributed by atoms with van der Waals surface area (Å²) in [5, 5.41) is 5.81. The van der Waals surface area contributed by atoms with Gasteiger partial charge in [0.15, 0.2) is 13.1 Å². The zero-order valence-electron chi connectivity index (χ0n) is 15.1. The first-order chi connectivity index (χ1) is 12.5. The van der Waals surface area contributed by atoms with Crippen LogP contribution >= 0.6 is 15.9 Å². The van der Waals surface area contributed by atoms with Gasteiger partial charge in [0.25, 0.3) is 11.8 Å². The molecule has 2 rings (SSSR count). The maximum absolute atomic E-state index is 12.4. The maximum Gasteiger partial charge on any atom is 0.279 e. The van der Waals surface area contributed by atoms with Crippen LogP contribution in [0.1, 0.15) is 18.9 Å². The van der Waals surface area contributed by atoms with Crippen molar-refractivity contribution in [3.63, 3.8) is 0 Å². The predicted octanol–water partition coefficient (Wildman–Crippen LogP) is 2.63. The van der Waals surface area contributed by atoms with E-state index in [4.69, 9.17) is 0 Å². The van der Waals surface area contributed by atoms with Crippen LogP contribution in [0, 0.1) is 6.92 Å². The molecule has 0 aliphatic carbocycles. The Bertz CT molecular complexity index is 764. The van der Waals surface area contributed by atoms with E-state index in [0.717, 1.165) is 39.3 Å². The van der Waals surface area contributed by atoms with Crippen molar-refractivity contribution in [2.45, 2.75) is 20.3 Å². The van der Waals surface area contributed by atoms with Gasteiger partial charge in [0.2, 0.25) is 0 Å². The molecule has 0 heterocycles. The van der Waals surface area contributed by atoms with Crippen LogP contribution < -0.4 is 15.5 Å². The third-order valence-electron chi connectivity index (χ3n) is 3.95. The topological polar surface area (TPSA) is 62.6 Å². The lowest BCUT2D eigenvalue weighted by molar-refractivity contribution is -0.883. The molecule has 0 radical (unpaired) electrons. The summed E-state index contributed by atoms with van der Waals surface area (Å²) < 4.78 is 0.908. The van der Waals surface area contributed by atoms with Crippen LogP contribution in [0.25, 0.3) is 0 Å². The minimum absolute atomic E-state index is 0.0852. The zero-order chi connectivity index (χ0) is 18.9. The van der Waals surface area contributed by atoms with Crippen molar-refractivity contribution >= 4 is 39.1 Å². The Morgan fingerprint density at radius 3 is 2.35 bits per heavy atom. The van der Waals surface area contributed by atoms with E-state index in [-0.39, 0.29) is 24.9 Å². The van der Waals surface area contributed by atoms with Gasteiger partial charge in [-0.05, 0) is 43.2 Å². The minimum Gasteiger partial charge on any atom is -0.321 e. The summed E-state index contributed by atoms with van der Waals surface area (Å²) in [6.07, 6.45) is 0.900. The lowest BCUT2D eigenvalue weighted by Crippen LogP contribution is -3.14. The van der Waals surface area contributed by atoms with Crippen LogP contribution in [0.2, 0.25) is 0 Å².